The van der Waals surface area contributed by atoms with E-state index < -0.39 is 40.4 Å². The summed E-state index contributed by atoms with van der Waals surface area (Å²) < 4.78 is 49.0. The number of nitrogens with one attached hydrogen (secondary N) is 2. The van der Waals surface area contributed by atoms with Crippen LogP contribution in [0.2, 0.25) is 0 Å². The molecule has 0 aliphatic rings. The van der Waals surface area contributed by atoms with Crippen LogP contribution in [-0.2, 0) is 24.3 Å². The summed E-state index contributed by atoms with van der Waals surface area (Å²) in [5, 5.41) is 5.98. The molecule has 11 heteroatoms. The van der Waals surface area contributed by atoms with Crippen molar-refractivity contribution in [3.05, 3.63) is 41.5 Å². The second kappa shape index (κ2) is 8.27. The Morgan fingerprint density at radius 2 is 1.89 bits per heavy atom. The minimum absolute atomic E-state index is 0.0837. The van der Waals surface area contributed by atoms with Crippen LogP contribution in [-0.4, -0.2) is 38.1 Å². The van der Waals surface area contributed by atoms with Gasteiger partial charge in [0, 0.05) is 5.69 Å². The van der Waals surface area contributed by atoms with Gasteiger partial charge >= 0.3 is 5.97 Å². The first-order chi connectivity index (χ1) is 12.6. The molecule has 1 amide bonds. The van der Waals surface area contributed by atoms with Crippen LogP contribution in [0.4, 0.5) is 10.1 Å². The van der Waals surface area contributed by atoms with E-state index in [0.29, 0.717) is 5.69 Å². The predicted octanol–water partition coefficient (Wildman–Crippen LogP) is 1.28. The van der Waals surface area contributed by atoms with Gasteiger partial charge in [0.05, 0.1) is 0 Å². The number of hydrogen-bond donors (Lipinski definition) is 2. The van der Waals surface area contributed by atoms with Gasteiger partial charge in [-0.05, 0) is 45.0 Å². The van der Waals surface area contributed by atoms with Crippen molar-refractivity contribution >= 4 is 27.6 Å². The minimum atomic E-state index is -4.03. The Labute approximate surface area is 154 Å². The Kier molecular flexibility index (Phi) is 6.28. The van der Waals surface area contributed by atoms with Gasteiger partial charge in [0.2, 0.25) is 10.0 Å². The SMILES string of the molecule is Cc1noc(C)c1S(=O)(=O)NCC(=O)O[C@@H](C)C(=O)Nc1ccc(F)cc1. The molecular weight excluding hydrogens is 381 g/mol. The molecule has 1 atom stereocenters. The Balaban J connectivity index is 1.89. The van der Waals surface area contributed by atoms with E-state index in [9.17, 15) is 22.4 Å². The Hall–Kier alpha value is -2.79. The van der Waals surface area contributed by atoms with Gasteiger partial charge in [-0.2, -0.15) is 4.72 Å². The first-order valence-corrected chi connectivity index (χ1v) is 9.27. The Morgan fingerprint density at radius 1 is 1.26 bits per heavy atom. The zero-order valence-corrected chi connectivity index (χ0v) is 15.6. The Bertz CT molecular complexity index is 920. The zero-order valence-electron chi connectivity index (χ0n) is 14.8. The van der Waals surface area contributed by atoms with E-state index in [1.807, 2.05) is 0 Å². The number of ether oxygens (including phenoxy) is 1. The third kappa shape index (κ3) is 5.34. The monoisotopic (exact) mass is 399 g/mol. The summed E-state index contributed by atoms with van der Waals surface area (Å²) >= 11 is 0. The molecule has 0 aliphatic heterocycles. The van der Waals surface area contributed by atoms with Gasteiger partial charge in [0.1, 0.15) is 23.0 Å². The predicted molar refractivity (Wildman–Crippen MR) is 91.7 cm³/mol. The summed E-state index contributed by atoms with van der Waals surface area (Å²) in [6.07, 6.45) is -1.19. The van der Waals surface area contributed by atoms with Gasteiger partial charge in [-0.3, -0.25) is 9.59 Å². The van der Waals surface area contributed by atoms with Crippen molar-refractivity contribution in [2.75, 3.05) is 11.9 Å². The lowest BCUT2D eigenvalue weighted by atomic mass is 10.3. The van der Waals surface area contributed by atoms with Gasteiger partial charge < -0.3 is 14.6 Å². The molecule has 0 fully saturated rings. The van der Waals surface area contributed by atoms with Crippen LogP contribution >= 0.6 is 0 Å². The second-order valence-corrected chi connectivity index (χ2v) is 7.31. The van der Waals surface area contributed by atoms with Crippen molar-refractivity contribution in [1.29, 1.82) is 0 Å². The summed E-state index contributed by atoms with van der Waals surface area (Å²) in [6.45, 7) is 3.51. The van der Waals surface area contributed by atoms with Gasteiger partial charge in [-0.25, -0.2) is 12.8 Å². The van der Waals surface area contributed by atoms with Crippen molar-refractivity contribution in [3.63, 3.8) is 0 Å². The van der Waals surface area contributed by atoms with Crippen molar-refractivity contribution in [1.82, 2.24) is 9.88 Å². The third-order valence-corrected chi connectivity index (χ3v) is 5.08. The number of carbonyl (C=O) groups excluding carboxylic acids is 2. The van der Waals surface area contributed by atoms with Gasteiger partial charge in [0.15, 0.2) is 11.9 Å². The van der Waals surface area contributed by atoms with Gasteiger partial charge in [-0.1, -0.05) is 5.16 Å². The van der Waals surface area contributed by atoms with E-state index >= 15 is 0 Å². The molecule has 0 unspecified atom stereocenters. The lowest BCUT2D eigenvalue weighted by molar-refractivity contribution is -0.151. The quantitative estimate of drug-likeness (QED) is 0.671. The molecule has 0 bridgehead atoms. The number of esters is 1. The van der Waals surface area contributed by atoms with E-state index in [4.69, 9.17) is 9.26 Å². The fraction of sp³-hybridized carbons (Fsp3) is 0.312. The number of sulfonamides is 1. The second-order valence-electron chi connectivity index (χ2n) is 5.61. The maximum atomic E-state index is 12.8. The zero-order chi connectivity index (χ0) is 20.2. The molecule has 2 N–H and O–H groups in total. The molecule has 2 aromatic rings. The van der Waals surface area contributed by atoms with E-state index in [0.717, 1.165) is 12.1 Å². The number of hydrogen-bond acceptors (Lipinski definition) is 7. The van der Waals surface area contributed by atoms with E-state index in [-0.39, 0.29) is 16.3 Å². The van der Waals surface area contributed by atoms with Crippen molar-refractivity contribution in [3.8, 4) is 0 Å². The maximum Gasteiger partial charge on any atom is 0.321 e. The molecule has 1 aromatic carbocycles. The number of anilines is 1. The summed E-state index contributed by atoms with van der Waals surface area (Å²) in [4.78, 5) is 23.6. The van der Waals surface area contributed by atoms with Gasteiger partial charge in [-0.15, -0.1) is 0 Å². The van der Waals surface area contributed by atoms with Crippen LogP contribution in [0.3, 0.4) is 0 Å². The fourth-order valence-corrected chi connectivity index (χ4v) is 3.45. The third-order valence-electron chi connectivity index (χ3n) is 3.43. The van der Waals surface area contributed by atoms with Crippen LogP contribution < -0.4 is 10.0 Å². The van der Waals surface area contributed by atoms with Crippen molar-refractivity contribution < 1.29 is 31.7 Å². The molecule has 0 spiro atoms. The molecule has 0 radical (unpaired) electrons. The van der Waals surface area contributed by atoms with Crippen molar-refractivity contribution in [2.24, 2.45) is 0 Å². The van der Waals surface area contributed by atoms with Crippen LogP contribution in [0.1, 0.15) is 18.4 Å². The molecule has 1 aromatic heterocycles. The Morgan fingerprint density at radius 3 is 2.44 bits per heavy atom. The number of carbonyl (C=O) groups is 2. The highest BCUT2D eigenvalue weighted by Gasteiger charge is 2.26. The number of amides is 1. The lowest BCUT2D eigenvalue weighted by Crippen LogP contribution is -2.36. The topological polar surface area (TPSA) is 128 Å². The summed E-state index contributed by atoms with van der Waals surface area (Å²) in [5.41, 5.74) is 0.476. The first kappa shape index (κ1) is 20.5. The molecule has 0 saturated heterocycles. The van der Waals surface area contributed by atoms with Crippen LogP contribution in [0.5, 0.6) is 0 Å². The number of aryl methyl sites for hydroxylation is 2. The number of halogens is 1. The normalized spacial score (nSPS) is 12.4. The smallest absolute Gasteiger partial charge is 0.321 e. The standard InChI is InChI=1S/C16H18FN3O6S/c1-9-15(10(2)26-20-9)27(23,24)18-8-14(21)25-11(3)16(22)19-13-6-4-12(17)5-7-13/h4-7,11,18H,8H2,1-3H3,(H,19,22)/t11-/m0/s1. The molecule has 2 rings (SSSR count). The lowest BCUT2D eigenvalue weighted by Gasteiger charge is -2.14. The number of benzene rings is 1. The summed E-state index contributed by atoms with van der Waals surface area (Å²) in [7, 11) is -4.03. The summed E-state index contributed by atoms with van der Waals surface area (Å²) in [5.74, 6) is -1.98. The average molecular weight is 399 g/mol. The summed E-state index contributed by atoms with van der Waals surface area (Å²) in [6, 6.07) is 5.02. The highest BCUT2D eigenvalue weighted by atomic mass is 32.2. The number of aromatic nitrogens is 1. The molecular formula is C16H18FN3O6S. The first-order valence-electron chi connectivity index (χ1n) is 7.78. The highest BCUT2D eigenvalue weighted by Crippen LogP contribution is 2.18. The molecule has 0 saturated carbocycles. The molecule has 27 heavy (non-hydrogen) atoms. The largest absolute Gasteiger partial charge is 0.452 e. The fourth-order valence-electron chi connectivity index (χ4n) is 2.15. The molecule has 1 heterocycles. The average Bonchev–Trinajstić information content (AvgIpc) is 2.94. The molecule has 0 aliphatic carbocycles. The maximum absolute atomic E-state index is 12.8. The van der Waals surface area contributed by atoms with E-state index in [2.05, 4.69) is 15.2 Å². The van der Waals surface area contributed by atoms with Gasteiger partial charge in [0.25, 0.3) is 5.91 Å². The van der Waals surface area contributed by atoms with Crippen LogP contribution in [0, 0.1) is 19.7 Å². The number of nitrogens with zero attached hydrogens (tertiary/aromatic N) is 1. The van der Waals surface area contributed by atoms with E-state index in [1.54, 1.807) is 0 Å². The van der Waals surface area contributed by atoms with Crippen molar-refractivity contribution in [2.45, 2.75) is 31.8 Å². The highest BCUT2D eigenvalue weighted by molar-refractivity contribution is 7.89. The van der Waals surface area contributed by atoms with Crippen LogP contribution in [0.15, 0.2) is 33.7 Å². The van der Waals surface area contributed by atoms with E-state index in [1.165, 1.54) is 32.9 Å². The van der Waals surface area contributed by atoms with Crippen LogP contribution in [0.25, 0.3) is 0 Å². The number of rotatable bonds is 7. The molecule has 9 nitrogen and oxygen atoms in total. The minimum Gasteiger partial charge on any atom is -0.452 e. The molecule has 146 valence electrons.